The first-order chi connectivity index (χ1) is 11.1. The van der Waals surface area contributed by atoms with Gasteiger partial charge in [0.25, 0.3) is 0 Å². The Hall–Kier alpha value is -1.88. The van der Waals surface area contributed by atoms with Crippen molar-refractivity contribution in [3.63, 3.8) is 0 Å². The van der Waals surface area contributed by atoms with E-state index in [1.807, 2.05) is 18.2 Å². The summed E-state index contributed by atoms with van der Waals surface area (Å²) in [5.74, 6) is 0.150. The van der Waals surface area contributed by atoms with E-state index < -0.39 is 0 Å². The lowest BCUT2D eigenvalue weighted by Crippen LogP contribution is -2.44. The highest BCUT2D eigenvalue weighted by Crippen LogP contribution is 2.18. The lowest BCUT2D eigenvalue weighted by Gasteiger charge is -2.30. The molecule has 0 radical (unpaired) electrons. The van der Waals surface area contributed by atoms with Gasteiger partial charge >= 0.3 is 0 Å². The number of nitrogens with one attached hydrogen (secondary N) is 1. The van der Waals surface area contributed by atoms with Gasteiger partial charge in [0.15, 0.2) is 0 Å². The predicted molar refractivity (Wildman–Crippen MR) is 90.8 cm³/mol. The summed E-state index contributed by atoms with van der Waals surface area (Å²) in [4.78, 5) is 25.4. The summed E-state index contributed by atoms with van der Waals surface area (Å²) >= 11 is 0. The van der Waals surface area contributed by atoms with Crippen LogP contribution in [0.2, 0.25) is 0 Å². The second kappa shape index (κ2) is 8.67. The average molecular weight is 317 g/mol. The van der Waals surface area contributed by atoms with Crippen LogP contribution in [0.5, 0.6) is 0 Å². The zero-order valence-electron chi connectivity index (χ0n) is 13.8. The van der Waals surface area contributed by atoms with Gasteiger partial charge in [0.2, 0.25) is 11.8 Å². The molecule has 0 aliphatic carbocycles. The summed E-state index contributed by atoms with van der Waals surface area (Å²) in [6.07, 6.45) is 2.50. The quantitative estimate of drug-likeness (QED) is 0.800. The number of amides is 2. The van der Waals surface area contributed by atoms with E-state index in [4.69, 9.17) is 5.73 Å². The zero-order chi connectivity index (χ0) is 16.7. The number of benzene rings is 1. The van der Waals surface area contributed by atoms with Crippen molar-refractivity contribution in [2.75, 3.05) is 26.2 Å². The van der Waals surface area contributed by atoms with Gasteiger partial charge in [0.05, 0.1) is 6.54 Å². The SMILES string of the molecule is CC[C@@H](CNC(=O)CN1CCC(C(N)=O)CC1)c1ccccc1. The molecule has 1 fully saturated rings. The third kappa shape index (κ3) is 5.36. The second-order valence-corrected chi connectivity index (χ2v) is 6.27. The minimum absolute atomic E-state index is 0.0307. The molecule has 3 N–H and O–H groups in total. The Morgan fingerprint density at radius 1 is 1.26 bits per heavy atom. The molecule has 1 aromatic rings. The fourth-order valence-corrected chi connectivity index (χ4v) is 3.09. The molecule has 1 heterocycles. The molecule has 1 saturated heterocycles. The lowest BCUT2D eigenvalue weighted by molar-refractivity contribution is -0.124. The summed E-state index contributed by atoms with van der Waals surface area (Å²) in [5.41, 5.74) is 6.59. The van der Waals surface area contributed by atoms with Crippen molar-refractivity contribution in [1.29, 1.82) is 0 Å². The molecule has 5 heteroatoms. The fraction of sp³-hybridized carbons (Fsp3) is 0.556. The Morgan fingerprint density at radius 2 is 1.91 bits per heavy atom. The molecule has 2 amide bonds. The molecular weight excluding hydrogens is 290 g/mol. The van der Waals surface area contributed by atoms with Crippen LogP contribution < -0.4 is 11.1 Å². The topological polar surface area (TPSA) is 75.4 Å². The van der Waals surface area contributed by atoms with E-state index >= 15 is 0 Å². The van der Waals surface area contributed by atoms with Crippen LogP contribution in [0.15, 0.2) is 30.3 Å². The first-order valence-corrected chi connectivity index (χ1v) is 8.43. The maximum Gasteiger partial charge on any atom is 0.234 e. The van der Waals surface area contributed by atoms with E-state index in [-0.39, 0.29) is 17.7 Å². The van der Waals surface area contributed by atoms with Gasteiger partial charge in [-0.25, -0.2) is 0 Å². The summed E-state index contributed by atoms with van der Waals surface area (Å²) in [7, 11) is 0. The molecule has 2 rings (SSSR count). The molecule has 1 aromatic carbocycles. The maximum atomic E-state index is 12.1. The largest absolute Gasteiger partial charge is 0.369 e. The van der Waals surface area contributed by atoms with Crippen molar-refractivity contribution >= 4 is 11.8 Å². The van der Waals surface area contributed by atoms with E-state index in [0.717, 1.165) is 32.4 Å². The molecule has 1 aliphatic heterocycles. The number of carbonyl (C=O) groups is 2. The van der Waals surface area contributed by atoms with Crippen molar-refractivity contribution in [2.45, 2.75) is 32.1 Å². The van der Waals surface area contributed by atoms with Crippen molar-refractivity contribution < 1.29 is 9.59 Å². The van der Waals surface area contributed by atoms with Crippen LogP contribution in [0.4, 0.5) is 0 Å². The number of nitrogens with two attached hydrogens (primary N) is 1. The molecule has 0 aromatic heterocycles. The van der Waals surface area contributed by atoms with Gasteiger partial charge in [-0.05, 0) is 37.9 Å². The number of likely N-dealkylation sites (tertiary alicyclic amines) is 1. The number of hydrogen-bond acceptors (Lipinski definition) is 3. The monoisotopic (exact) mass is 317 g/mol. The first kappa shape index (κ1) is 17.5. The molecule has 0 unspecified atom stereocenters. The van der Waals surface area contributed by atoms with Crippen molar-refractivity contribution in [3.8, 4) is 0 Å². The van der Waals surface area contributed by atoms with Crippen LogP contribution in [0.25, 0.3) is 0 Å². The van der Waals surface area contributed by atoms with E-state index in [2.05, 4.69) is 29.3 Å². The van der Waals surface area contributed by atoms with Crippen LogP contribution in [0, 0.1) is 5.92 Å². The molecule has 23 heavy (non-hydrogen) atoms. The third-order valence-electron chi connectivity index (χ3n) is 4.67. The number of rotatable bonds is 7. The molecule has 0 bridgehead atoms. The Balaban J connectivity index is 1.74. The van der Waals surface area contributed by atoms with Gasteiger partial charge in [0.1, 0.15) is 0 Å². The van der Waals surface area contributed by atoms with Gasteiger partial charge in [0, 0.05) is 18.4 Å². The number of primary amides is 1. The number of piperidine rings is 1. The van der Waals surface area contributed by atoms with Crippen LogP contribution in [-0.2, 0) is 9.59 Å². The van der Waals surface area contributed by atoms with Gasteiger partial charge < -0.3 is 11.1 Å². The maximum absolute atomic E-state index is 12.1. The Bertz CT molecular complexity index is 510. The summed E-state index contributed by atoms with van der Waals surface area (Å²) in [6, 6.07) is 10.3. The zero-order valence-corrected chi connectivity index (χ0v) is 13.8. The molecule has 126 valence electrons. The van der Waals surface area contributed by atoms with Gasteiger partial charge in [-0.1, -0.05) is 37.3 Å². The van der Waals surface area contributed by atoms with Crippen LogP contribution in [0.1, 0.15) is 37.7 Å². The minimum Gasteiger partial charge on any atom is -0.369 e. The summed E-state index contributed by atoms with van der Waals surface area (Å²) in [5, 5.41) is 3.04. The van der Waals surface area contributed by atoms with Crippen molar-refractivity contribution in [1.82, 2.24) is 10.2 Å². The Labute approximate surface area is 138 Å². The first-order valence-electron chi connectivity index (χ1n) is 8.43. The standard InChI is InChI=1S/C18H27N3O2/c1-2-14(15-6-4-3-5-7-15)12-20-17(22)13-21-10-8-16(9-11-21)18(19)23/h3-7,14,16H,2,8-13H2,1H3,(H2,19,23)(H,20,22)/t14-/m0/s1. The van der Waals surface area contributed by atoms with Crippen LogP contribution in [0.3, 0.4) is 0 Å². The summed E-state index contributed by atoms with van der Waals surface area (Å²) < 4.78 is 0. The molecule has 0 spiro atoms. The number of nitrogens with zero attached hydrogens (tertiary/aromatic N) is 1. The van der Waals surface area contributed by atoms with Crippen molar-refractivity contribution in [3.05, 3.63) is 35.9 Å². The third-order valence-corrected chi connectivity index (χ3v) is 4.67. The fourth-order valence-electron chi connectivity index (χ4n) is 3.09. The smallest absolute Gasteiger partial charge is 0.234 e. The van der Waals surface area contributed by atoms with Gasteiger partial charge in [-0.2, -0.15) is 0 Å². The highest BCUT2D eigenvalue weighted by atomic mass is 16.2. The van der Waals surface area contributed by atoms with E-state index in [1.165, 1.54) is 5.56 Å². The highest BCUT2D eigenvalue weighted by molar-refractivity contribution is 5.78. The van der Waals surface area contributed by atoms with E-state index in [9.17, 15) is 9.59 Å². The normalized spacial score (nSPS) is 17.6. The van der Waals surface area contributed by atoms with Gasteiger partial charge in [-0.3, -0.25) is 14.5 Å². The van der Waals surface area contributed by atoms with E-state index in [0.29, 0.717) is 19.0 Å². The molecule has 5 nitrogen and oxygen atoms in total. The van der Waals surface area contributed by atoms with Crippen LogP contribution in [-0.4, -0.2) is 42.9 Å². The number of carbonyl (C=O) groups excluding carboxylic acids is 2. The highest BCUT2D eigenvalue weighted by Gasteiger charge is 2.24. The van der Waals surface area contributed by atoms with E-state index in [1.54, 1.807) is 0 Å². The van der Waals surface area contributed by atoms with Gasteiger partial charge in [-0.15, -0.1) is 0 Å². The van der Waals surface area contributed by atoms with Crippen LogP contribution >= 0.6 is 0 Å². The minimum atomic E-state index is -0.220. The Kier molecular flexibility index (Phi) is 6.59. The second-order valence-electron chi connectivity index (χ2n) is 6.27. The molecular formula is C18H27N3O2. The molecule has 0 saturated carbocycles. The Morgan fingerprint density at radius 3 is 2.48 bits per heavy atom. The lowest BCUT2D eigenvalue weighted by atomic mass is 9.96. The average Bonchev–Trinajstić information content (AvgIpc) is 2.57. The summed E-state index contributed by atoms with van der Waals surface area (Å²) in [6.45, 7) is 4.72. The predicted octanol–water partition coefficient (Wildman–Crippen LogP) is 1.49. The molecule has 1 atom stereocenters. The number of hydrogen-bond donors (Lipinski definition) is 2. The molecule has 1 aliphatic rings. The van der Waals surface area contributed by atoms with Crippen molar-refractivity contribution in [2.24, 2.45) is 11.7 Å².